The van der Waals surface area contributed by atoms with Crippen molar-refractivity contribution in [2.75, 3.05) is 46.4 Å². The van der Waals surface area contributed by atoms with Crippen molar-refractivity contribution in [1.29, 1.82) is 0 Å². The van der Waals surface area contributed by atoms with Crippen molar-refractivity contribution in [2.45, 2.75) is 6.92 Å². The smallest absolute Gasteiger partial charge is 0.317 e. The highest BCUT2D eigenvalue weighted by Gasteiger charge is 2.13. The third-order valence-corrected chi connectivity index (χ3v) is 2.16. The van der Waals surface area contributed by atoms with Crippen LogP contribution in [0.3, 0.4) is 0 Å². The van der Waals surface area contributed by atoms with Gasteiger partial charge in [0.25, 0.3) is 0 Å². The Hall–Kier alpha value is -1.67. The van der Waals surface area contributed by atoms with Crippen LogP contribution in [0.4, 0.5) is 0 Å². The van der Waals surface area contributed by atoms with Gasteiger partial charge in [0.05, 0.1) is 19.7 Å². The number of hydrogen-bond acceptors (Lipinski definition) is 5. The summed E-state index contributed by atoms with van der Waals surface area (Å²) < 4.78 is 4.85. The number of methoxy groups -OCH3 is 1. The summed E-state index contributed by atoms with van der Waals surface area (Å²) >= 11 is 0. The third kappa shape index (κ3) is 11.2. The van der Waals surface area contributed by atoms with E-state index in [0.717, 1.165) is 0 Å². The summed E-state index contributed by atoms with van der Waals surface area (Å²) in [7, 11) is 1.51. The zero-order chi connectivity index (χ0) is 14.7. The fourth-order valence-electron chi connectivity index (χ4n) is 1.33. The maximum atomic E-state index is 11.5. The second-order valence-electron chi connectivity index (χ2n) is 3.93. The first-order chi connectivity index (χ1) is 8.95. The molecule has 0 saturated carbocycles. The number of amides is 2. The van der Waals surface area contributed by atoms with Crippen LogP contribution in [0.25, 0.3) is 0 Å². The molecule has 0 aromatic heterocycles. The molecule has 0 unspecified atom stereocenters. The fourth-order valence-corrected chi connectivity index (χ4v) is 1.33. The zero-order valence-electron chi connectivity index (χ0n) is 11.3. The van der Waals surface area contributed by atoms with Gasteiger partial charge in [0.1, 0.15) is 0 Å². The molecule has 0 bridgehead atoms. The lowest BCUT2D eigenvalue weighted by Gasteiger charge is -2.19. The molecule has 8 nitrogen and oxygen atoms in total. The van der Waals surface area contributed by atoms with Gasteiger partial charge in [-0.15, -0.1) is 0 Å². The fraction of sp³-hybridized carbons (Fsp3) is 0.727. The van der Waals surface area contributed by atoms with Gasteiger partial charge in [-0.25, -0.2) is 0 Å². The monoisotopic (exact) mass is 275 g/mol. The van der Waals surface area contributed by atoms with Crippen LogP contribution < -0.4 is 10.6 Å². The molecule has 0 radical (unpaired) electrons. The van der Waals surface area contributed by atoms with E-state index in [1.165, 1.54) is 18.9 Å². The Morgan fingerprint density at radius 2 is 1.79 bits per heavy atom. The second-order valence-corrected chi connectivity index (χ2v) is 3.93. The standard InChI is InChI=1S/C11H21N3O5/c1-9(15)12-3-4-13-10(16)7-14(5-6-19-2)8-11(17)18/h3-8H2,1-2H3,(H,12,15)(H,13,16)(H,17,18). The minimum Gasteiger partial charge on any atom is -0.480 e. The Balaban J connectivity index is 3.93. The Morgan fingerprint density at radius 1 is 1.16 bits per heavy atom. The highest BCUT2D eigenvalue weighted by atomic mass is 16.5. The van der Waals surface area contributed by atoms with Gasteiger partial charge < -0.3 is 20.5 Å². The Morgan fingerprint density at radius 3 is 2.32 bits per heavy atom. The third-order valence-electron chi connectivity index (χ3n) is 2.16. The van der Waals surface area contributed by atoms with E-state index in [1.54, 1.807) is 0 Å². The maximum Gasteiger partial charge on any atom is 0.317 e. The zero-order valence-corrected chi connectivity index (χ0v) is 11.3. The van der Waals surface area contributed by atoms with Gasteiger partial charge in [-0.1, -0.05) is 0 Å². The van der Waals surface area contributed by atoms with Crippen LogP contribution in [0.1, 0.15) is 6.92 Å². The van der Waals surface area contributed by atoms with E-state index in [1.807, 2.05) is 0 Å². The Bertz CT molecular complexity index is 309. The number of carbonyl (C=O) groups excluding carboxylic acids is 2. The van der Waals surface area contributed by atoms with Crippen molar-refractivity contribution in [1.82, 2.24) is 15.5 Å². The van der Waals surface area contributed by atoms with Gasteiger partial charge in [0.2, 0.25) is 11.8 Å². The first kappa shape index (κ1) is 17.3. The number of ether oxygens (including phenoxy) is 1. The van der Waals surface area contributed by atoms with E-state index in [9.17, 15) is 14.4 Å². The van der Waals surface area contributed by atoms with Crippen molar-refractivity contribution in [3.05, 3.63) is 0 Å². The van der Waals surface area contributed by atoms with Crippen LogP contribution in [0.2, 0.25) is 0 Å². The Labute approximate surface area is 112 Å². The number of carboxylic acid groups (broad SMARTS) is 1. The average Bonchev–Trinajstić information content (AvgIpc) is 2.30. The van der Waals surface area contributed by atoms with E-state index >= 15 is 0 Å². The van der Waals surface area contributed by atoms with E-state index in [0.29, 0.717) is 26.2 Å². The van der Waals surface area contributed by atoms with E-state index in [-0.39, 0.29) is 24.9 Å². The van der Waals surface area contributed by atoms with E-state index in [2.05, 4.69) is 10.6 Å². The quantitative estimate of drug-likeness (QED) is 0.409. The van der Waals surface area contributed by atoms with Crippen molar-refractivity contribution in [3.63, 3.8) is 0 Å². The molecule has 0 aliphatic rings. The first-order valence-electron chi connectivity index (χ1n) is 5.90. The van der Waals surface area contributed by atoms with Crippen LogP contribution in [-0.4, -0.2) is 74.2 Å². The highest BCUT2D eigenvalue weighted by Crippen LogP contribution is 1.88. The minimum atomic E-state index is -0.998. The van der Waals surface area contributed by atoms with Gasteiger partial charge in [0, 0.05) is 33.7 Å². The van der Waals surface area contributed by atoms with E-state index in [4.69, 9.17) is 9.84 Å². The van der Waals surface area contributed by atoms with Crippen molar-refractivity contribution < 1.29 is 24.2 Å². The number of carbonyl (C=O) groups is 3. The normalized spacial score (nSPS) is 10.3. The summed E-state index contributed by atoms with van der Waals surface area (Å²) in [5.74, 6) is -1.45. The SMILES string of the molecule is COCCN(CC(=O)O)CC(=O)NCCNC(C)=O. The van der Waals surface area contributed by atoms with Crippen LogP contribution >= 0.6 is 0 Å². The molecule has 19 heavy (non-hydrogen) atoms. The van der Waals surface area contributed by atoms with Crippen LogP contribution in [-0.2, 0) is 19.1 Å². The molecule has 0 aromatic carbocycles. The molecule has 2 amide bonds. The molecule has 0 heterocycles. The molecule has 0 saturated heterocycles. The molecule has 110 valence electrons. The van der Waals surface area contributed by atoms with Crippen molar-refractivity contribution in [2.24, 2.45) is 0 Å². The van der Waals surface area contributed by atoms with Crippen LogP contribution in [0, 0.1) is 0 Å². The molecule has 0 aliphatic carbocycles. The number of nitrogens with zero attached hydrogens (tertiary/aromatic N) is 1. The minimum absolute atomic E-state index is 0.0181. The molecule has 0 atom stereocenters. The molecular formula is C11H21N3O5. The van der Waals surface area contributed by atoms with Gasteiger partial charge in [-0.05, 0) is 0 Å². The van der Waals surface area contributed by atoms with Gasteiger partial charge in [-0.2, -0.15) is 0 Å². The molecule has 3 N–H and O–H groups in total. The summed E-state index contributed by atoms with van der Waals surface area (Å²) in [6.45, 7) is 2.52. The van der Waals surface area contributed by atoms with E-state index < -0.39 is 5.97 Å². The predicted octanol–water partition coefficient (Wildman–Crippen LogP) is -1.73. The lowest BCUT2D eigenvalue weighted by molar-refractivity contribution is -0.139. The lowest BCUT2D eigenvalue weighted by atomic mass is 10.4. The summed E-state index contributed by atoms with van der Waals surface area (Å²) in [4.78, 5) is 34.2. The summed E-state index contributed by atoms with van der Waals surface area (Å²) in [5.41, 5.74) is 0. The molecule has 0 fully saturated rings. The molecule has 0 aromatic rings. The van der Waals surface area contributed by atoms with Crippen molar-refractivity contribution >= 4 is 17.8 Å². The molecule has 0 aliphatic heterocycles. The largest absolute Gasteiger partial charge is 0.480 e. The second kappa shape index (κ2) is 10.3. The number of nitrogens with one attached hydrogen (secondary N) is 2. The lowest BCUT2D eigenvalue weighted by Crippen LogP contribution is -2.43. The molecule has 8 heteroatoms. The molecule has 0 spiro atoms. The summed E-state index contributed by atoms with van der Waals surface area (Å²) in [6, 6.07) is 0. The van der Waals surface area contributed by atoms with Gasteiger partial charge >= 0.3 is 5.97 Å². The summed E-state index contributed by atoms with van der Waals surface area (Å²) in [6.07, 6.45) is 0. The number of hydrogen-bond donors (Lipinski definition) is 3. The molecular weight excluding hydrogens is 254 g/mol. The number of aliphatic carboxylic acids is 1. The van der Waals surface area contributed by atoms with Gasteiger partial charge in [-0.3, -0.25) is 19.3 Å². The van der Waals surface area contributed by atoms with Crippen LogP contribution in [0.15, 0.2) is 0 Å². The first-order valence-corrected chi connectivity index (χ1v) is 5.90. The van der Waals surface area contributed by atoms with Gasteiger partial charge in [0.15, 0.2) is 0 Å². The average molecular weight is 275 g/mol. The highest BCUT2D eigenvalue weighted by molar-refractivity contribution is 5.79. The predicted molar refractivity (Wildman–Crippen MR) is 67.6 cm³/mol. The maximum absolute atomic E-state index is 11.5. The Kier molecular flexibility index (Phi) is 9.37. The summed E-state index contributed by atoms with van der Waals surface area (Å²) in [5, 5.41) is 13.8. The number of rotatable bonds is 10. The van der Waals surface area contributed by atoms with Crippen LogP contribution in [0.5, 0.6) is 0 Å². The number of carboxylic acids is 1. The van der Waals surface area contributed by atoms with Crippen molar-refractivity contribution in [3.8, 4) is 0 Å². The topological polar surface area (TPSA) is 108 Å². The molecule has 0 rings (SSSR count).